The Kier molecular flexibility index (Phi) is 2.31. The second-order valence-electron chi connectivity index (χ2n) is 7.87. The van der Waals surface area contributed by atoms with Crippen LogP contribution in [0, 0.1) is 35.5 Å². The summed E-state index contributed by atoms with van der Waals surface area (Å²) in [5, 5.41) is 4.31. The Morgan fingerprint density at radius 1 is 0.950 bits per heavy atom. The van der Waals surface area contributed by atoms with E-state index in [-0.39, 0.29) is 0 Å². The molecule has 4 heteroatoms. The lowest BCUT2D eigenvalue weighted by atomic mass is 9.49. The average molecular weight is 272 g/mol. The largest absolute Gasteiger partial charge is 0.366 e. The third kappa shape index (κ3) is 1.60. The van der Waals surface area contributed by atoms with E-state index in [1.165, 1.54) is 32.1 Å². The van der Waals surface area contributed by atoms with Gasteiger partial charge in [-0.2, -0.15) is 4.98 Å². The summed E-state index contributed by atoms with van der Waals surface area (Å²) in [5.41, 5.74) is 5.76. The number of hydrogen-bond donors (Lipinski definition) is 1. The van der Waals surface area contributed by atoms with Crippen molar-refractivity contribution in [3.8, 4) is 0 Å². The molecule has 0 saturated heterocycles. The molecular weight excluding hydrogens is 248 g/mol. The van der Waals surface area contributed by atoms with E-state index in [1.807, 2.05) is 4.68 Å². The predicted molar refractivity (Wildman–Crippen MR) is 76.8 cm³/mol. The van der Waals surface area contributed by atoms with E-state index in [9.17, 15) is 0 Å². The van der Waals surface area contributed by atoms with Crippen LogP contribution in [0.5, 0.6) is 0 Å². The van der Waals surface area contributed by atoms with Crippen LogP contribution in [-0.4, -0.2) is 14.8 Å². The van der Waals surface area contributed by atoms with Crippen LogP contribution in [0.1, 0.15) is 44.3 Å². The minimum absolute atomic E-state index is 0.464. The molecule has 2 N–H and O–H groups in total. The zero-order valence-corrected chi connectivity index (χ0v) is 12.0. The fourth-order valence-electron chi connectivity index (χ4n) is 6.41. The zero-order chi connectivity index (χ0) is 13.3. The summed E-state index contributed by atoms with van der Waals surface area (Å²) in [6.45, 7) is 1.03. The van der Waals surface area contributed by atoms with Crippen molar-refractivity contribution in [2.45, 2.75) is 51.5 Å². The molecule has 1 atom stereocenters. The molecule has 4 saturated carbocycles. The maximum atomic E-state index is 5.76. The topological polar surface area (TPSA) is 56.7 Å². The van der Waals surface area contributed by atoms with E-state index in [1.54, 1.807) is 6.42 Å². The number of nitrogens with two attached hydrogens (primary N) is 1. The number of hydrogen-bond acceptors (Lipinski definition) is 3. The first-order chi connectivity index (χ1) is 9.76. The summed E-state index contributed by atoms with van der Waals surface area (Å²) in [6, 6.07) is 0. The van der Waals surface area contributed by atoms with Crippen molar-refractivity contribution < 1.29 is 0 Å². The lowest BCUT2D eigenvalue weighted by Crippen LogP contribution is -2.48. The van der Waals surface area contributed by atoms with Gasteiger partial charge in [-0.15, -0.1) is 5.10 Å². The highest BCUT2D eigenvalue weighted by atomic mass is 15.4. The van der Waals surface area contributed by atoms with Gasteiger partial charge >= 0.3 is 0 Å². The van der Waals surface area contributed by atoms with Gasteiger partial charge in [-0.25, -0.2) is 4.68 Å². The van der Waals surface area contributed by atoms with Gasteiger partial charge in [-0.05, 0) is 74.0 Å². The quantitative estimate of drug-likeness (QED) is 0.854. The summed E-state index contributed by atoms with van der Waals surface area (Å²) in [7, 11) is 0. The van der Waals surface area contributed by atoms with Crippen LogP contribution < -0.4 is 5.73 Å². The van der Waals surface area contributed by atoms with Crippen molar-refractivity contribution in [3.63, 3.8) is 0 Å². The van der Waals surface area contributed by atoms with Crippen LogP contribution in [0.25, 0.3) is 0 Å². The highest BCUT2D eigenvalue weighted by molar-refractivity contribution is 5.15. The van der Waals surface area contributed by atoms with Gasteiger partial charge in [0.05, 0.1) is 0 Å². The predicted octanol–water partition coefficient (Wildman–Crippen LogP) is 2.50. The second-order valence-corrected chi connectivity index (χ2v) is 7.87. The first kappa shape index (κ1) is 11.6. The van der Waals surface area contributed by atoms with E-state index in [0.717, 1.165) is 54.3 Å². The smallest absolute Gasteiger partial charge is 0.239 e. The molecule has 1 aromatic rings. The van der Waals surface area contributed by atoms with Crippen molar-refractivity contribution >= 4 is 5.95 Å². The van der Waals surface area contributed by atoms with Crippen LogP contribution in [0.3, 0.4) is 0 Å². The molecule has 0 radical (unpaired) electrons. The lowest BCUT2D eigenvalue weighted by Gasteiger charge is -2.57. The number of aromatic nitrogens is 3. The summed E-state index contributed by atoms with van der Waals surface area (Å²) in [6.07, 6.45) is 10.1. The molecule has 4 nitrogen and oxygen atoms in total. The van der Waals surface area contributed by atoms with Crippen LogP contribution in [0.4, 0.5) is 5.95 Å². The Morgan fingerprint density at radius 2 is 1.65 bits per heavy atom. The highest BCUT2D eigenvalue weighted by Gasteiger charge is 2.50. The Balaban J connectivity index is 1.41. The van der Waals surface area contributed by atoms with Crippen LogP contribution in [0.15, 0.2) is 0 Å². The molecule has 1 aliphatic heterocycles. The van der Waals surface area contributed by atoms with Gasteiger partial charge in [0.2, 0.25) is 5.95 Å². The molecule has 4 aliphatic carbocycles. The molecule has 0 amide bonds. The summed E-state index contributed by atoms with van der Waals surface area (Å²) >= 11 is 0. The van der Waals surface area contributed by atoms with Gasteiger partial charge < -0.3 is 5.73 Å². The molecule has 0 aromatic carbocycles. The number of nitrogens with zero attached hydrogens (tertiary/aromatic N) is 3. The highest BCUT2D eigenvalue weighted by Crippen LogP contribution is 2.59. The van der Waals surface area contributed by atoms with E-state index in [4.69, 9.17) is 5.73 Å². The molecule has 20 heavy (non-hydrogen) atoms. The summed E-state index contributed by atoms with van der Waals surface area (Å²) in [5.74, 6) is 7.66. The van der Waals surface area contributed by atoms with Gasteiger partial charge in [0.25, 0.3) is 0 Å². The molecule has 108 valence electrons. The minimum Gasteiger partial charge on any atom is -0.366 e. The van der Waals surface area contributed by atoms with Crippen LogP contribution >= 0.6 is 0 Å². The molecule has 1 aromatic heterocycles. The van der Waals surface area contributed by atoms with Gasteiger partial charge in [0.1, 0.15) is 5.82 Å². The molecular formula is C16H24N4. The second kappa shape index (κ2) is 3.99. The number of anilines is 1. The van der Waals surface area contributed by atoms with E-state index < -0.39 is 0 Å². The Hall–Kier alpha value is -1.06. The van der Waals surface area contributed by atoms with E-state index >= 15 is 0 Å². The summed E-state index contributed by atoms with van der Waals surface area (Å²) < 4.78 is 2.04. The van der Waals surface area contributed by atoms with Gasteiger partial charge in [0.15, 0.2) is 0 Å². The molecule has 2 heterocycles. The van der Waals surface area contributed by atoms with Crippen molar-refractivity contribution in [2.75, 3.05) is 5.73 Å². The third-order valence-electron chi connectivity index (χ3n) is 6.77. The van der Waals surface area contributed by atoms with Gasteiger partial charge in [0, 0.05) is 13.0 Å². The molecule has 4 bridgehead atoms. The monoisotopic (exact) mass is 272 g/mol. The standard InChI is InChI=1S/C16H24N4/c17-16-18-14-8-11(1-2-20(14)19-16)15-12-4-9-3-10(6-12)7-13(15)5-9/h9-13,15H,1-8H2,(H2,17,19). The maximum absolute atomic E-state index is 5.76. The zero-order valence-electron chi connectivity index (χ0n) is 12.0. The SMILES string of the molecule is Nc1nc2n(n1)CCC(C1C3CC4CC(C3)CC1C4)C2. The first-order valence-corrected chi connectivity index (χ1v) is 8.45. The fraction of sp³-hybridized carbons (Fsp3) is 0.875. The Labute approximate surface area is 120 Å². The third-order valence-corrected chi connectivity index (χ3v) is 6.77. The molecule has 6 rings (SSSR count). The first-order valence-electron chi connectivity index (χ1n) is 8.45. The molecule has 5 aliphatic rings. The maximum Gasteiger partial charge on any atom is 0.239 e. The normalized spacial score (nSPS) is 45.6. The van der Waals surface area contributed by atoms with Gasteiger partial charge in [-0.3, -0.25) is 0 Å². The number of nitrogen functional groups attached to an aromatic ring is 1. The van der Waals surface area contributed by atoms with Crippen LogP contribution in [0.2, 0.25) is 0 Å². The molecule has 4 fully saturated rings. The Bertz CT molecular complexity index is 507. The molecule has 0 spiro atoms. The van der Waals surface area contributed by atoms with E-state index in [2.05, 4.69) is 10.1 Å². The van der Waals surface area contributed by atoms with Crippen LogP contribution in [-0.2, 0) is 13.0 Å². The van der Waals surface area contributed by atoms with Gasteiger partial charge in [-0.1, -0.05) is 0 Å². The number of fused-ring (bicyclic) bond motifs is 1. The van der Waals surface area contributed by atoms with E-state index in [0.29, 0.717) is 5.95 Å². The number of rotatable bonds is 1. The van der Waals surface area contributed by atoms with Crippen molar-refractivity contribution in [1.82, 2.24) is 14.8 Å². The average Bonchev–Trinajstić information content (AvgIpc) is 2.76. The summed E-state index contributed by atoms with van der Waals surface area (Å²) in [4.78, 5) is 4.44. The number of aryl methyl sites for hydroxylation is 1. The fourth-order valence-corrected chi connectivity index (χ4v) is 6.41. The minimum atomic E-state index is 0.464. The van der Waals surface area contributed by atoms with Crippen molar-refractivity contribution in [2.24, 2.45) is 35.5 Å². The van der Waals surface area contributed by atoms with Crippen molar-refractivity contribution in [1.29, 1.82) is 0 Å². The Morgan fingerprint density at radius 3 is 2.35 bits per heavy atom. The lowest BCUT2D eigenvalue weighted by molar-refractivity contribution is -0.0662. The van der Waals surface area contributed by atoms with Crippen molar-refractivity contribution in [3.05, 3.63) is 5.82 Å². The molecule has 1 unspecified atom stereocenters.